The molecule has 2 rings (SSSR count). The lowest BCUT2D eigenvalue weighted by Crippen LogP contribution is -2.09. The molecule has 0 bridgehead atoms. The SMILES string of the molecule is CC(C)Oc1ccccc1CNc1ccc(C(=O)O)c(Cl)c1. The van der Waals surface area contributed by atoms with Crippen LogP contribution in [0.2, 0.25) is 5.02 Å². The Hall–Kier alpha value is -2.20. The van der Waals surface area contributed by atoms with Crippen LogP contribution in [-0.2, 0) is 6.54 Å². The van der Waals surface area contributed by atoms with E-state index in [1.165, 1.54) is 6.07 Å². The van der Waals surface area contributed by atoms with Crippen LogP contribution in [0.1, 0.15) is 29.8 Å². The van der Waals surface area contributed by atoms with E-state index in [2.05, 4.69) is 5.32 Å². The lowest BCUT2D eigenvalue weighted by atomic mass is 10.1. The molecule has 0 amide bonds. The van der Waals surface area contributed by atoms with Crippen LogP contribution < -0.4 is 10.1 Å². The maximum absolute atomic E-state index is 10.9. The number of rotatable bonds is 6. The summed E-state index contributed by atoms with van der Waals surface area (Å²) in [6.45, 7) is 4.52. The smallest absolute Gasteiger partial charge is 0.337 e. The monoisotopic (exact) mass is 319 g/mol. The van der Waals surface area contributed by atoms with Crippen molar-refractivity contribution in [3.8, 4) is 5.75 Å². The van der Waals surface area contributed by atoms with Crippen molar-refractivity contribution in [2.24, 2.45) is 0 Å². The number of ether oxygens (including phenoxy) is 1. The molecule has 0 aromatic heterocycles. The topological polar surface area (TPSA) is 58.6 Å². The summed E-state index contributed by atoms with van der Waals surface area (Å²) in [4.78, 5) is 10.9. The minimum Gasteiger partial charge on any atom is -0.491 e. The van der Waals surface area contributed by atoms with Gasteiger partial charge in [0.05, 0.1) is 16.7 Å². The zero-order chi connectivity index (χ0) is 16.1. The molecule has 0 saturated heterocycles. The van der Waals surface area contributed by atoms with Crippen molar-refractivity contribution in [2.75, 3.05) is 5.32 Å². The average molecular weight is 320 g/mol. The number of aromatic carboxylic acids is 1. The van der Waals surface area contributed by atoms with Crippen LogP contribution in [0.4, 0.5) is 5.69 Å². The van der Waals surface area contributed by atoms with Crippen molar-refractivity contribution in [3.05, 3.63) is 58.6 Å². The van der Waals surface area contributed by atoms with Crippen molar-refractivity contribution in [1.82, 2.24) is 0 Å². The first kappa shape index (κ1) is 16.2. The molecular weight excluding hydrogens is 302 g/mol. The fourth-order valence-corrected chi connectivity index (χ4v) is 2.28. The minimum atomic E-state index is -1.03. The molecule has 0 aliphatic heterocycles. The molecule has 0 aliphatic carbocycles. The summed E-state index contributed by atoms with van der Waals surface area (Å²) in [6, 6.07) is 12.6. The second-order valence-electron chi connectivity index (χ2n) is 5.13. The molecule has 4 nitrogen and oxygen atoms in total. The van der Waals surface area contributed by atoms with E-state index in [0.717, 1.165) is 17.0 Å². The first-order chi connectivity index (χ1) is 10.5. The first-order valence-electron chi connectivity index (χ1n) is 6.98. The lowest BCUT2D eigenvalue weighted by Gasteiger charge is -2.15. The third kappa shape index (κ3) is 4.15. The Morgan fingerprint density at radius 2 is 2.00 bits per heavy atom. The number of carboxylic acids is 1. The largest absolute Gasteiger partial charge is 0.491 e. The molecule has 0 unspecified atom stereocenters. The minimum absolute atomic E-state index is 0.0933. The highest BCUT2D eigenvalue weighted by molar-refractivity contribution is 6.33. The Morgan fingerprint density at radius 1 is 1.27 bits per heavy atom. The van der Waals surface area contributed by atoms with Gasteiger partial charge in [0.25, 0.3) is 0 Å². The highest BCUT2D eigenvalue weighted by Gasteiger charge is 2.09. The molecule has 22 heavy (non-hydrogen) atoms. The number of hydrogen-bond acceptors (Lipinski definition) is 3. The highest BCUT2D eigenvalue weighted by atomic mass is 35.5. The quantitative estimate of drug-likeness (QED) is 0.826. The van der Waals surface area contributed by atoms with Crippen LogP contribution >= 0.6 is 11.6 Å². The molecule has 116 valence electrons. The predicted molar refractivity (Wildman–Crippen MR) is 87.9 cm³/mol. The molecule has 2 aromatic carbocycles. The van der Waals surface area contributed by atoms with Gasteiger partial charge in [-0.3, -0.25) is 0 Å². The number of carbonyl (C=O) groups is 1. The van der Waals surface area contributed by atoms with Gasteiger partial charge in [0.1, 0.15) is 5.75 Å². The fourth-order valence-electron chi connectivity index (χ4n) is 2.01. The van der Waals surface area contributed by atoms with E-state index < -0.39 is 5.97 Å². The van der Waals surface area contributed by atoms with Gasteiger partial charge in [-0.05, 0) is 38.1 Å². The molecule has 2 aromatic rings. The summed E-state index contributed by atoms with van der Waals surface area (Å²) in [7, 11) is 0. The summed E-state index contributed by atoms with van der Waals surface area (Å²) in [6.07, 6.45) is 0.102. The van der Waals surface area contributed by atoms with Crippen molar-refractivity contribution >= 4 is 23.3 Å². The van der Waals surface area contributed by atoms with Crippen molar-refractivity contribution < 1.29 is 14.6 Å². The molecule has 0 atom stereocenters. The molecular formula is C17H18ClNO3. The molecule has 0 spiro atoms. The predicted octanol–water partition coefficient (Wildman–Crippen LogP) is 4.44. The third-order valence-corrected chi connectivity index (χ3v) is 3.33. The van der Waals surface area contributed by atoms with Gasteiger partial charge >= 0.3 is 5.97 Å². The summed E-state index contributed by atoms with van der Waals surface area (Å²) in [5, 5.41) is 12.4. The molecule has 2 N–H and O–H groups in total. The van der Waals surface area contributed by atoms with Crippen molar-refractivity contribution in [1.29, 1.82) is 0 Å². The Morgan fingerprint density at radius 3 is 2.64 bits per heavy atom. The van der Waals surface area contributed by atoms with Crippen molar-refractivity contribution in [3.63, 3.8) is 0 Å². The second kappa shape index (κ2) is 7.18. The summed E-state index contributed by atoms with van der Waals surface area (Å²) in [5.74, 6) is -0.203. The van der Waals surface area contributed by atoms with Gasteiger partial charge in [-0.25, -0.2) is 4.79 Å². The van der Waals surface area contributed by atoms with E-state index in [0.29, 0.717) is 6.54 Å². The number of halogens is 1. The zero-order valence-electron chi connectivity index (χ0n) is 12.5. The Kier molecular flexibility index (Phi) is 5.28. The lowest BCUT2D eigenvalue weighted by molar-refractivity contribution is 0.0697. The van der Waals surface area contributed by atoms with Crippen molar-refractivity contribution in [2.45, 2.75) is 26.5 Å². The van der Waals surface area contributed by atoms with Crippen LogP contribution in [0.3, 0.4) is 0 Å². The number of benzene rings is 2. The molecule has 0 saturated carbocycles. The van der Waals surface area contributed by atoms with Gasteiger partial charge in [-0.15, -0.1) is 0 Å². The third-order valence-electron chi connectivity index (χ3n) is 3.02. The normalized spacial score (nSPS) is 10.5. The summed E-state index contributed by atoms with van der Waals surface area (Å²) < 4.78 is 5.76. The summed E-state index contributed by atoms with van der Waals surface area (Å²) >= 11 is 5.96. The first-order valence-corrected chi connectivity index (χ1v) is 7.36. The average Bonchev–Trinajstić information content (AvgIpc) is 2.45. The molecule has 0 fully saturated rings. The van der Waals surface area contributed by atoms with Crippen LogP contribution in [0.25, 0.3) is 0 Å². The zero-order valence-corrected chi connectivity index (χ0v) is 13.2. The van der Waals surface area contributed by atoms with Gasteiger partial charge in [0, 0.05) is 17.8 Å². The fraction of sp³-hybridized carbons (Fsp3) is 0.235. The van der Waals surface area contributed by atoms with Gasteiger partial charge in [-0.2, -0.15) is 0 Å². The van der Waals surface area contributed by atoms with Crippen LogP contribution in [-0.4, -0.2) is 17.2 Å². The van der Waals surface area contributed by atoms with Crippen LogP contribution in [0.15, 0.2) is 42.5 Å². The van der Waals surface area contributed by atoms with E-state index >= 15 is 0 Å². The van der Waals surface area contributed by atoms with E-state index in [-0.39, 0.29) is 16.7 Å². The molecule has 0 radical (unpaired) electrons. The number of para-hydroxylation sites is 1. The number of nitrogens with one attached hydrogen (secondary N) is 1. The molecule has 5 heteroatoms. The maximum atomic E-state index is 10.9. The van der Waals surface area contributed by atoms with Gasteiger partial charge in [-0.1, -0.05) is 29.8 Å². The van der Waals surface area contributed by atoms with Gasteiger partial charge in [0.15, 0.2) is 0 Å². The Balaban J connectivity index is 2.10. The Labute approximate surface area is 134 Å². The number of hydrogen-bond donors (Lipinski definition) is 2. The van der Waals surface area contributed by atoms with Crippen LogP contribution in [0, 0.1) is 0 Å². The Bertz CT molecular complexity index is 671. The highest BCUT2D eigenvalue weighted by Crippen LogP contribution is 2.24. The van der Waals surface area contributed by atoms with Crippen LogP contribution in [0.5, 0.6) is 5.75 Å². The van der Waals surface area contributed by atoms with E-state index in [1.54, 1.807) is 12.1 Å². The molecule has 0 heterocycles. The molecule has 0 aliphatic rings. The maximum Gasteiger partial charge on any atom is 0.337 e. The number of anilines is 1. The van der Waals surface area contributed by atoms with E-state index in [9.17, 15) is 4.79 Å². The number of carboxylic acid groups (broad SMARTS) is 1. The van der Waals surface area contributed by atoms with Gasteiger partial charge in [0.2, 0.25) is 0 Å². The standard InChI is InChI=1S/C17H18ClNO3/c1-11(2)22-16-6-4-3-5-12(16)10-19-13-7-8-14(17(20)21)15(18)9-13/h3-9,11,19H,10H2,1-2H3,(H,20,21). The van der Waals surface area contributed by atoms with E-state index in [4.69, 9.17) is 21.4 Å². The second-order valence-corrected chi connectivity index (χ2v) is 5.53. The van der Waals surface area contributed by atoms with Gasteiger partial charge < -0.3 is 15.2 Å². The summed E-state index contributed by atoms with van der Waals surface area (Å²) in [5.41, 5.74) is 1.87. The van der Waals surface area contributed by atoms with E-state index in [1.807, 2.05) is 38.1 Å².